The minimum Gasteiger partial charge on any atom is -0.452 e. The lowest BCUT2D eigenvalue weighted by molar-refractivity contribution is -0.155. The van der Waals surface area contributed by atoms with E-state index >= 15 is 0 Å². The molecule has 7 nitrogen and oxygen atoms in total. The van der Waals surface area contributed by atoms with Crippen LogP contribution in [0.1, 0.15) is 18.2 Å². The molecule has 0 fully saturated rings. The van der Waals surface area contributed by atoms with Crippen LogP contribution in [0.15, 0.2) is 51.0 Å². The van der Waals surface area contributed by atoms with Gasteiger partial charge in [0.15, 0.2) is 11.7 Å². The first-order chi connectivity index (χ1) is 12.5. The molecular weight excluding hydrogens is 356 g/mol. The average molecular weight is 374 g/mol. The highest BCUT2D eigenvalue weighted by Gasteiger charge is 2.18. The molecule has 0 aliphatic rings. The van der Waals surface area contributed by atoms with E-state index in [4.69, 9.17) is 9.15 Å². The van der Waals surface area contributed by atoms with Crippen LogP contribution >= 0.6 is 11.3 Å². The first kappa shape index (κ1) is 17.9. The molecule has 8 heteroatoms. The zero-order valence-corrected chi connectivity index (χ0v) is 15.0. The second kappa shape index (κ2) is 8.01. The summed E-state index contributed by atoms with van der Waals surface area (Å²) in [5, 5.41) is 4.64. The van der Waals surface area contributed by atoms with E-state index in [0.29, 0.717) is 17.6 Å². The molecule has 0 radical (unpaired) electrons. The van der Waals surface area contributed by atoms with Crippen molar-refractivity contribution < 1.29 is 18.7 Å². The van der Waals surface area contributed by atoms with Crippen molar-refractivity contribution in [2.24, 2.45) is 0 Å². The molecule has 0 bridgehead atoms. The third-order valence-electron chi connectivity index (χ3n) is 3.81. The van der Waals surface area contributed by atoms with Crippen molar-refractivity contribution >= 4 is 34.3 Å². The van der Waals surface area contributed by atoms with Gasteiger partial charge in [-0.3, -0.25) is 14.2 Å². The summed E-state index contributed by atoms with van der Waals surface area (Å²) in [6, 6.07) is 10.8. The zero-order valence-electron chi connectivity index (χ0n) is 14.1. The van der Waals surface area contributed by atoms with E-state index in [0.717, 1.165) is 4.88 Å². The number of hydrogen-bond donors (Lipinski definition) is 1. The summed E-state index contributed by atoms with van der Waals surface area (Å²) in [4.78, 5) is 36.8. The van der Waals surface area contributed by atoms with Gasteiger partial charge >= 0.3 is 11.7 Å². The maximum absolute atomic E-state index is 12.0. The molecule has 0 aliphatic heterocycles. The fourth-order valence-corrected chi connectivity index (χ4v) is 3.11. The second-order valence-electron chi connectivity index (χ2n) is 5.67. The number of rotatable bonds is 7. The molecule has 0 aliphatic carbocycles. The molecule has 2 heterocycles. The Balaban J connectivity index is 1.51. The largest absolute Gasteiger partial charge is 0.452 e. The zero-order chi connectivity index (χ0) is 18.5. The van der Waals surface area contributed by atoms with Crippen molar-refractivity contribution in [2.45, 2.75) is 32.5 Å². The van der Waals surface area contributed by atoms with Gasteiger partial charge in [0.05, 0.1) is 18.5 Å². The van der Waals surface area contributed by atoms with E-state index in [1.165, 1.54) is 22.8 Å². The second-order valence-corrected chi connectivity index (χ2v) is 6.70. The lowest BCUT2D eigenvalue weighted by Gasteiger charge is -2.13. The van der Waals surface area contributed by atoms with Gasteiger partial charge in [0.2, 0.25) is 0 Å². The van der Waals surface area contributed by atoms with Gasteiger partial charge in [-0.2, -0.15) is 0 Å². The summed E-state index contributed by atoms with van der Waals surface area (Å²) < 4.78 is 11.6. The van der Waals surface area contributed by atoms with Gasteiger partial charge in [0.25, 0.3) is 5.91 Å². The van der Waals surface area contributed by atoms with Crippen LogP contribution < -0.4 is 11.1 Å². The van der Waals surface area contributed by atoms with Crippen molar-refractivity contribution in [1.82, 2.24) is 9.88 Å². The average Bonchev–Trinajstić information content (AvgIpc) is 3.24. The monoisotopic (exact) mass is 374 g/mol. The highest BCUT2D eigenvalue weighted by atomic mass is 32.1. The number of benzene rings is 1. The van der Waals surface area contributed by atoms with Crippen molar-refractivity contribution in [2.75, 3.05) is 0 Å². The molecule has 0 spiro atoms. The Morgan fingerprint density at radius 1 is 1.27 bits per heavy atom. The maximum atomic E-state index is 12.0. The molecule has 0 unspecified atom stereocenters. The number of carbonyl (C=O) groups excluding carboxylic acids is 2. The van der Waals surface area contributed by atoms with E-state index in [1.54, 1.807) is 24.3 Å². The Kier molecular flexibility index (Phi) is 5.52. The SMILES string of the molecule is C[C@H](OC(=O)CCn1c(=O)oc2ccccc21)C(=O)NCc1cccs1. The van der Waals surface area contributed by atoms with Crippen LogP contribution in [-0.2, 0) is 27.4 Å². The minimum absolute atomic E-state index is 0.0357. The summed E-state index contributed by atoms with van der Waals surface area (Å²) in [5.41, 5.74) is 1.08. The lowest BCUT2D eigenvalue weighted by Crippen LogP contribution is -2.35. The number of ether oxygens (including phenoxy) is 1. The number of aryl methyl sites for hydroxylation is 1. The third kappa shape index (κ3) is 4.20. The van der Waals surface area contributed by atoms with E-state index in [-0.39, 0.29) is 18.9 Å². The number of thiophene rings is 1. The molecular formula is C18H18N2O5S. The number of hydrogen-bond acceptors (Lipinski definition) is 6. The Labute approximate surface area is 153 Å². The van der Waals surface area contributed by atoms with Crippen LogP contribution in [0.25, 0.3) is 11.1 Å². The van der Waals surface area contributed by atoms with E-state index in [2.05, 4.69) is 5.32 Å². The van der Waals surface area contributed by atoms with Gasteiger partial charge in [-0.15, -0.1) is 11.3 Å². The van der Waals surface area contributed by atoms with Crippen molar-refractivity contribution in [3.05, 3.63) is 57.2 Å². The molecule has 3 aromatic rings. The number of nitrogens with one attached hydrogen (secondary N) is 1. The summed E-state index contributed by atoms with van der Waals surface area (Å²) in [6.07, 6.45) is -0.938. The Morgan fingerprint density at radius 2 is 2.08 bits per heavy atom. The smallest absolute Gasteiger partial charge is 0.419 e. The van der Waals surface area contributed by atoms with Gasteiger partial charge in [0.1, 0.15) is 0 Å². The maximum Gasteiger partial charge on any atom is 0.419 e. The normalized spacial score (nSPS) is 12.0. The van der Waals surface area contributed by atoms with Gasteiger partial charge in [-0.05, 0) is 30.5 Å². The van der Waals surface area contributed by atoms with E-state index in [9.17, 15) is 14.4 Å². The molecule has 3 rings (SSSR count). The molecule has 0 saturated carbocycles. The fraction of sp³-hybridized carbons (Fsp3) is 0.278. The highest BCUT2D eigenvalue weighted by molar-refractivity contribution is 7.09. The summed E-state index contributed by atoms with van der Waals surface area (Å²) in [5.74, 6) is -1.45. The first-order valence-electron chi connectivity index (χ1n) is 8.12. The predicted octanol–water partition coefficient (Wildman–Crippen LogP) is 2.29. The standard InChI is InChI=1S/C18H18N2O5S/c1-12(17(22)19-11-13-5-4-10-26-13)24-16(21)8-9-20-14-6-2-3-7-15(14)25-18(20)23/h2-7,10,12H,8-9,11H2,1H3,(H,19,22)/t12-/m0/s1. The molecule has 0 saturated heterocycles. The quantitative estimate of drug-likeness (QED) is 0.641. The number of nitrogens with zero attached hydrogens (tertiary/aromatic N) is 1. The van der Waals surface area contributed by atoms with Crippen LogP contribution in [0.5, 0.6) is 0 Å². The molecule has 136 valence electrons. The Morgan fingerprint density at radius 3 is 2.85 bits per heavy atom. The molecule has 1 atom stereocenters. The van der Waals surface area contributed by atoms with Crippen molar-refractivity contribution in [3.63, 3.8) is 0 Å². The number of oxazole rings is 1. The number of fused-ring (bicyclic) bond motifs is 1. The van der Waals surface area contributed by atoms with Gasteiger partial charge in [0, 0.05) is 11.4 Å². The van der Waals surface area contributed by atoms with Crippen molar-refractivity contribution in [3.8, 4) is 0 Å². The van der Waals surface area contributed by atoms with Crippen LogP contribution in [0.2, 0.25) is 0 Å². The number of carbonyl (C=O) groups is 2. The number of aromatic nitrogens is 1. The lowest BCUT2D eigenvalue weighted by atomic mass is 10.3. The van der Waals surface area contributed by atoms with E-state index < -0.39 is 17.8 Å². The Bertz CT molecular complexity index is 958. The summed E-state index contributed by atoms with van der Waals surface area (Å²) >= 11 is 1.54. The van der Waals surface area contributed by atoms with Gasteiger partial charge in [-0.25, -0.2) is 4.79 Å². The molecule has 1 amide bonds. The fourth-order valence-electron chi connectivity index (χ4n) is 2.47. The minimum atomic E-state index is -0.903. The van der Waals surface area contributed by atoms with Gasteiger partial charge < -0.3 is 14.5 Å². The van der Waals surface area contributed by atoms with Crippen LogP contribution in [0, 0.1) is 0 Å². The van der Waals surface area contributed by atoms with Gasteiger partial charge in [-0.1, -0.05) is 18.2 Å². The third-order valence-corrected chi connectivity index (χ3v) is 4.68. The first-order valence-corrected chi connectivity index (χ1v) is 9.00. The van der Waals surface area contributed by atoms with Crippen LogP contribution in [0.4, 0.5) is 0 Å². The van der Waals surface area contributed by atoms with Crippen molar-refractivity contribution in [1.29, 1.82) is 0 Å². The predicted molar refractivity (Wildman–Crippen MR) is 96.8 cm³/mol. The number of esters is 1. The molecule has 1 aromatic carbocycles. The topological polar surface area (TPSA) is 90.5 Å². The summed E-state index contributed by atoms with van der Waals surface area (Å²) in [7, 11) is 0. The highest BCUT2D eigenvalue weighted by Crippen LogP contribution is 2.12. The summed E-state index contributed by atoms with van der Waals surface area (Å²) in [6.45, 7) is 2.04. The van der Waals surface area contributed by atoms with E-state index in [1.807, 2.05) is 17.5 Å². The molecule has 1 N–H and O–H groups in total. The molecule has 26 heavy (non-hydrogen) atoms. The van der Waals surface area contributed by atoms with Crippen LogP contribution in [-0.4, -0.2) is 22.5 Å². The van der Waals surface area contributed by atoms with Crippen LogP contribution in [0.3, 0.4) is 0 Å². The number of para-hydroxylation sites is 2. The number of amides is 1. The Hall–Kier alpha value is -2.87. The molecule has 2 aromatic heterocycles.